The zero-order valence-corrected chi connectivity index (χ0v) is 12.7. The molecule has 0 aliphatic heterocycles. The van der Waals surface area contributed by atoms with Crippen molar-refractivity contribution in [3.8, 4) is 0 Å². The van der Waals surface area contributed by atoms with Gasteiger partial charge in [-0.2, -0.15) is 0 Å². The van der Waals surface area contributed by atoms with E-state index in [9.17, 15) is 0 Å². The largest absolute Gasteiger partial charge is 0.356 e. The van der Waals surface area contributed by atoms with E-state index in [0.717, 1.165) is 17.2 Å². The number of hydrogen-bond acceptors (Lipinski definition) is 3. The first-order chi connectivity index (χ1) is 8.30. The summed E-state index contributed by atoms with van der Waals surface area (Å²) >= 11 is 6.26. The van der Waals surface area contributed by atoms with Gasteiger partial charge in [0.2, 0.25) is 0 Å². The minimum Gasteiger partial charge on any atom is -0.356 e. The number of anilines is 1. The second kappa shape index (κ2) is 4.69. The van der Waals surface area contributed by atoms with Gasteiger partial charge in [0.1, 0.15) is 16.8 Å². The Morgan fingerprint density at radius 3 is 2.28 bits per heavy atom. The van der Waals surface area contributed by atoms with Crippen molar-refractivity contribution in [2.45, 2.75) is 58.4 Å². The van der Waals surface area contributed by atoms with Crippen LogP contribution in [0.1, 0.15) is 51.4 Å². The van der Waals surface area contributed by atoms with Crippen molar-refractivity contribution in [3.63, 3.8) is 0 Å². The van der Waals surface area contributed by atoms with Crippen LogP contribution in [0.4, 0.5) is 5.82 Å². The SMILES string of the molecule is Cc1c(Cl)nc(C(C)(C)C)nc1N(C)C1CCC1. The van der Waals surface area contributed by atoms with Crippen LogP contribution in [0.15, 0.2) is 0 Å². The van der Waals surface area contributed by atoms with E-state index in [4.69, 9.17) is 16.6 Å². The van der Waals surface area contributed by atoms with Crippen LogP contribution in [0.2, 0.25) is 5.15 Å². The Labute approximate surface area is 115 Å². The highest BCUT2D eigenvalue weighted by molar-refractivity contribution is 6.30. The van der Waals surface area contributed by atoms with Crippen molar-refractivity contribution in [2.24, 2.45) is 0 Å². The lowest BCUT2D eigenvalue weighted by atomic mass is 9.91. The Hall–Kier alpha value is -0.830. The van der Waals surface area contributed by atoms with Crippen LogP contribution in [0.25, 0.3) is 0 Å². The standard InChI is InChI=1S/C14H22ClN3/c1-9-11(15)16-13(14(2,3)4)17-12(9)18(5)10-7-6-8-10/h10H,6-8H2,1-5H3. The summed E-state index contributed by atoms with van der Waals surface area (Å²) in [7, 11) is 2.11. The van der Waals surface area contributed by atoms with Gasteiger partial charge in [-0.15, -0.1) is 0 Å². The van der Waals surface area contributed by atoms with Gasteiger partial charge >= 0.3 is 0 Å². The molecule has 0 aromatic carbocycles. The molecule has 1 aromatic rings. The van der Waals surface area contributed by atoms with E-state index in [-0.39, 0.29) is 5.41 Å². The summed E-state index contributed by atoms with van der Waals surface area (Å²) in [5, 5.41) is 0.580. The van der Waals surface area contributed by atoms with Crippen molar-refractivity contribution in [1.29, 1.82) is 0 Å². The smallest absolute Gasteiger partial charge is 0.137 e. The molecule has 1 aromatic heterocycles. The van der Waals surface area contributed by atoms with Gasteiger partial charge in [-0.05, 0) is 26.2 Å². The molecule has 1 fully saturated rings. The van der Waals surface area contributed by atoms with E-state index in [1.165, 1.54) is 19.3 Å². The molecule has 0 N–H and O–H groups in total. The first kappa shape index (κ1) is 13.6. The zero-order valence-electron chi connectivity index (χ0n) is 11.9. The van der Waals surface area contributed by atoms with Crippen LogP contribution in [0.3, 0.4) is 0 Å². The Kier molecular flexibility index (Phi) is 3.54. The minimum absolute atomic E-state index is 0.0768. The molecule has 4 heteroatoms. The van der Waals surface area contributed by atoms with Crippen LogP contribution >= 0.6 is 11.6 Å². The molecule has 2 rings (SSSR count). The molecule has 0 saturated heterocycles. The Bertz CT molecular complexity index is 447. The van der Waals surface area contributed by atoms with Crippen LogP contribution < -0.4 is 4.90 Å². The summed E-state index contributed by atoms with van der Waals surface area (Å²) < 4.78 is 0. The second-order valence-corrected chi connectivity index (χ2v) is 6.59. The highest BCUT2D eigenvalue weighted by Gasteiger charge is 2.27. The van der Waals surface area contributed by atoms with E-state index in [1.54, 1.807) is 0 Å². The van der Waals surface area contributed by atoms with Gasteiger partial charge in [0.05, 0.1) is 0 Å². The second-order valence-electron chi connectivity index (χ2n) is 6.23. The van der Waals surface area contributed by atoms with E-state index >= 15 is 0 Å². The lowest BCUT2D eigenvalue weighted by Gasteiger charge is -2.36. The van der Waals surface area contributed by atoms with Gasteiger partial charge in [-0.1, -0.05) is 32.4 Å². The average molecular weight is 268 g/mol. The molecule has 1 heterocycles. The van der Waals surface area contributed by atoms with Gasteiger partial charge in [-0.25, -0.2) is 9.97 Å². The molecule has 0 spiro atoms. The molecule has 18 heavy (non-hydrogen) atoms. The summed E-state index contributed by atoms with van der Waals surface area (Å²) in [5.74, 6) is 1.81. The van der Waals surface area contributed by atoms with Crippen molar-refractivity contribution in [2.75, 3.05) is 11.9 Å². The highest BCUT2D eigenvalue weighted by Crippen LogP contribution is 2.32. The van der Waals surface area contributed by atoms with Crippen molar-refractivity contribution in [3.05, 3.63) is 16.5 Å². The normalized spacial score (nSPS) is 16.6. The fourth-order valence-electron chi connectivity index (χ4n) is 2.10. The molecule has 0 bridgehead atoms. The molecule has 100 valence electrons. The molecule has 0 amide bonds. The van der Waals surface area contributed by atoms with Gasteiger partial charge in [0, 0.05) is 24.1 Å². The number of hydrogen-bond donors (Lipinski definition) is 0. The quantitative estimate of drug-likeness (QED) is 0.765. The maximum Gasteiger partial charge on any atom is 0.137 e. The number of nitrogens with zero attached hydrogens (tertiary/aromatic N) is 3. The Balaban J connectivity index is 2.42. The van der Waals surface area contributed by atoms with Crippen molar-refractivity contribution < 1.29 is 0 Å². The van der Waals surface area contributed by atoms with Crippen molar-refractivity contribution in [1.82, 2.24) is 9.97 Å². The molecular formula is C14H22ClN3. The van der Waals surface area contributed by atoms with Gasteiger partial charge in [0.25, 0.3) is 0 Å². The number of halogens is 1. The zero-order chi connectivity index (χ0) is 13.5. The highest BCUT2D eigenvalue weighted by atomic mass is 35.5. The molecule has 3 nitrogen and oxygen atoms in total. The Morgan fingerprint density at radius 2 is 1.83 bits per heavy atom. The maximum absolute atomic E-state index is 6.26. The third kappa shape index (κ3) is 2.46. The third-order valence-corrected chi connectivity index (χ3v) is 4.06. The van der Waals surface area contributed by atoms with Crippen LogP contribution in [0.5, 0.6) is 0 Å². The monoisotopic (exact) mass is 267 g/mol. The molecular weight excluding hydrogens is 246 g/mol. The predicted octanol–water partition coefficient (Wildman–Crippen LogP) is 3.72. The first-order valence-electron chi connectivity index (χ1n) is 6.58. The fourth-order valence-corrected chi connectivity index (χ4v) is 2.27. The number of aromatic nitrogens is 2. The van der Waals surface area contributed by atoms with Crippen LogP contribution in [-0.2, 0) is 5.41 Å². The van der Waals surface area contributed by atoms with E-state index < -0.39 is 0 Å². The molecule has 0 unspecified atom stereocenters. The van der Waals surface area contributed by atoms with Gasteiger partial charge in [-0.3, -0.25) is 0 Å². The predicted molar refractivity (Wildman–Crippen MR) is 76.5 cm³/mol. The fraction of sp³-hybridized carbons (Fsp3) is 0.714. The van der Waals surface area contributed by atoms with E-state index in [2.05, 4.69) is 37.7 Å². The van der Waals surface area contributed by atoms with Gasteiger partial charge in [0.15, 0.2) is 0 Å². The Morgan fingerprint density at radius 1 is 1.22 bits per heavy atom. The van der Waals surface area contributed by atoms with E-state index in [1.807, 2.05) is 6.92 Å². The summed E-state index contributed by atoms with van der Waals surface area (Å²) in [5.41, 5.74) is 0.908. The maximum atomic E-state index is 6.26. The summed E-state index contributed by atoms with van der Waals surface area (Å²) in [4.78, 5) is 11.4. The van der Waals surface area contributed by atoms with E-state index in [0.29, 0.717) is 11.2 Å². The first-order valence-corrected chi connectivity index (χ1v) is 6.96. The molecule has 1 aliphatic carbocycles. The average Bonchev–Trinajstić information content (AvgIpc) is 2.17. The summed E-state index contributed by atoms with van der Waals surface area (Å²) in [6.45, 7) is 8.34. The summed E-state index contributed by atoms with van der Waals surface area (Å²) in [6.07, 6.45) is 3.82. The van der Waals surface area contributed by atoms with Gasteiger partial charge < -0.3 is 4.90 Å². The molecule has 1 saturated carbocycles. The lowest BCUT2D eigenvalue weighted by molar-refractivity contribution is 0.397. The molecule has 1 aliphatic rings. The third-order valence-electron chi connectivity index (χ3n) is 3.69. The minimum atomic E-state index is -0.0768. The number of rotatable bonds is 2. The van der Waals surface area contributed by atoms with Crippen molar-refractivity contribution >= 4 is 17.4 Å². The van der Waals surface area contributed by atoms with Crippen LogP contribution in [0, 0.1) is 6.92 Å². The topological polar surface area (TPSA) is 29.0 Å². The van der Waals surface area contributed by atoms with Crippen LogP contribution in [-0.4, -0.2) is 23.1 Å². The molecule has 0 atom stereocenters. The summed E-state index contributed by atoms with van der Waals surface area (Å²) in [6, 6.07) is 0.613. The molecule has 0 radical (unpaired) electrons. The lowest BCUT2D eigenvalue weighted by Crippen LogP contribution is -2.38.